The number of amides is 1. The predicted octanol–water partition coefficient (Wildman–Crippen LogP) is 3.16. The van der Waals surface area contributed by atoms with E-state index in [1.165, 1.54) is 0 Å². The van der Waals surface area contributed by atoms with E-state index in [1.807, 2.05) is 44.2 Å². The summed E-state index contributed by atoms with van der Waals surface area (Å²) in [5.41, 5.74) is 4.00. The highest BCUT2D eigenvalue weighted by atomic mass is 16.6. The fourth-order valence-corrected chi connectivity index (χ4v) is 2.70. The van der Waals surface area contributed by atoms with E-state index in [4.69, 9.17) is 18.9 Å². The molecule has 1 heterocycles. The maximum absolute atomic E-state index is 12.4. The molecule has 3 rings (SSSR count). The van der Waals surface area contributed by atoms with Crippen molar-refractivity contribution in [1.82, 2.24) is 5.43 Å². The molecule has 0 fully saturated rings. The fraction of sp³-hybridized carbons (Fsp3) is 0.333. The van der Waals surface area contributed by atoms with Gasteiger partial charge in [-0.2, -0.15) is 5.10 Å². The molecule has 2 aromatic carbocycles. The van der Waals surface area contributed by atoms with Crippen LogP contribution in [0.5, 0.6) is 23.0 Å². The summed E-state index contributed by atoms with van der Waals surface area (Å²) in [6.45, 7) is 6.84. The molecule has 1 aliphatic heterocycles. The number of fused-ring (bicyclic) bond motifs is 1. The van der Waals surface area contributed by atoms with Crippen LogP contribution in [0.25, 0.3) is 0 Å². The van der Waals surface area contributed by atoms with Crippen LogP contribution in [0.1, 0.15) is 26.3 Å². The topological polar surface area (TPSA) is 78.4 Å². The molecule has 0 radical (unpaired) electrons. The quantitative estimate of drug-likeness (QED) is 0.586. The van der Waals surface area contributed by atoms with E-state index in [9.17, 15) is 4.79 Å². The van der Waals surface area contributed by atoms with Crippen molar-refractivity contribution in [3.63, 3.8) is 0 Å². The molecule has 0 spiro atoms. The van der Waals surface area contributed by atoms with Crippen LogP contribution >= 0.6 is 0 Å². The van der Waals surface area contributed by atoms with Crippen molar-refractivity contribution in [3.05, 3.63) is 48.0 Å². The van der Waals surface area contributed by atoms with Gasteiger partial charge in [0, 0.05) is 5.56 Å². The normalized spacial score (nSPS) is 15.7. The Balaban J connectivity index is 1.67. The van der Waals surface area contributed by atoms with Crippen molar-refractivity contribution in [2.75, 3.05) is 19.8 Å². The lowest BCUT2D eigenvalue weighted by atomic mass is 10.1. The fourth-order valence-electron chi connectivity index (χ4n) is 2.70. The van der Waals surface area contributed by atoms with Crippen LogP contribution in [-0.2, 0) is 4.79 Å². The summed E-state index contributed by atoms with van der Waals surface area (Å²) in [6.07, 6.45) is -0.759. The van der Waals surface area contributed by atoms with E-state index in [2.05, 4.69) is 10.5 Å². The number of carbonyl (C=O) groups excluding carboxylic acids is 1. The van der Waals surface area contributed by atoms with Crippen LogP contribution in [0.2, 0.25) is 0 Å². The van der Waals surface area contributed by atoms with Gasteiger partial charge in [0.25, 0.3) is 5.91 Å². The largest absolute Gasteiger partial charge is 0.490 e. The van der Waals surface area contributed by atoms with Gasteiger partial charge in [-0.15, -0.1) is 0 Å². The molecule has 0 aliphatic carbocycles. The number of hydrogen-bond donors (Lipinski definition) is 1. The summed E-state index contributed by atoms with van der Waals surface area (Å²) < 4.78 is 22.4. The molecule has 0 saturated carbocycles. The van der Waals surface area contributed by atoms with E-state index in [0.29, 0.717) is 41.9 Å². The van der Waals surface area contributed by atoms with Gasteiger partial charge < -0.3 is 18.9 Å². The van der Waals surface area contributed by atoms with Gasteiger partial charge in [-0.1, -0.05) is 12.1 Å². The van der Waals surface area contributed by atoms with Crippen LogP contribution in [0.3, 0.4) is 0 Å². The first-order chi connectivity index (χ1) is 13.6. The second-order valence-electron chi connectivity index (χ2n) is 6.07. The number of rotatable bonds is 7. The molecule has 1 atom stereocenters. The molecule has 7 heteroatoms. The number of hydrazone groups is 1. The molecule has 1 amide bonds. The Morgan fingerprint density at radius 2 is 1.82 bits per heavy atom. The molecule has 2 aromatic rings. The van der Waals surface area contributed by atoms with E-state index < -0.39 is 6.10 Å². The summed E-state index contributed by atoms with van der Waals surface area (Å²) >= 11 is 0. The number of nitrogens with one attached hydrogen (secondary N) is 1. The molecular formula is C21H24N2O5. The lowest BCUT2D eigenvalue weighted by molar-refractivity contribution is -0.130. The van der Waals surface area contributed by atoms with E-state index in [0.717, 1.165) is 5.56 Å². The molecular weight excluding hydrogens is 360 g/mol. The van der Waals surface area contributed by atoms with Crippen molar-refractivity contribution >= 4 is 11.6 Å². The second-order valence-corrected chi connectivity index (χ2v) is 6.07. The standard InChI is InChI=1S/C21H24N2O5/c1-4-25-17-11-10-15(12-19(17)26-5-2)14(3)22-23-21(24)20-13-27-16-8-6-7-9-18(16)28-20/h6-12,20H,4-5,13H2,1-3H3,(H,23,24)/b22-14-/t20-/m0/s1. The highest BCUT2D eigenvalue weighted by molar-refractivity contribution is 6.00. The lowest BCUT2D eigenvalue weighted by Crippen LogP contribution is -2.42. The molecule has 1 N–H and O–H groups in total. The average molecular weight is 384 g/mol. The smallest absolute Gasteiger partial charge is 0.284 e. The van der Waals surface area contributed by atoms with Crippen molar-refractivity contribution < 1.29 is 23.7 Å². The first kappa shape index (κ1) is 19.5. The monoisotopic (exact) mass is 384 g/mol. The summed E-state index contributed by atoms with van der Waals surface area (Å²) in [4.78, 5) is 12.4. The minimum atomic E-state index is -0.759. The summed E-state index contributed by atoms with van der Waals surface area (Å²) in [6, 6.07) is 12.8. The maximum Gasteiger partial charge on any atom is 0.284 e. The molecule has 0 unspecified atom stereocenters. The Labute approximate surface area is 164 Å². The van der Waals surface area contributed by atoms with E-state index >= 15 is 0 Å². The zero-order valence-corrected chi connectivity index (χ0v) is 16.2. The van der Waals surface area contributed by atoms with Gasteiger partial charge in [0.1, 0.15) is 6.61 Å². The average Bonchev–Trinajstić information content (AvgIpc) is 2.73. The maximum atomic E-state index is 12.4. The van der Waals surface area contributed by atoms with E-state index in [1.54, 1.807) is 19.1 Å². The van der Waals surface area contributed by atoms with Crippen LogP contribution in [-0.4, -0.2) is 37.5 Å². The first-order valence-corrected chi connectivity index (χ1v) is 9.25. The van der Waals surface area contributed by atoms with Gasteiger partial charge in [-0.3, -0.25) is 4.79 Å². The van der Waals surface area contributed by atoms with Gasteiger partial charge >= 0.3 is 0 Å². The highest BCUT2D eigenvalue weighted by Gasteiger charge is 2.27. The van der Waals surface area contributed by atoms with Gasteiger partial charge in [0.2, 0.25) is 6.10 Å². The predicted molar refractivity (Wildman–Crippen MR) is 105 cm³/mol. The van der Waals surface area contributed by atoms with Crippen molar-refractivity contribution in [3.8, 4) is 23.0 Å². The SMILES string of the molecule is CCOc1ccc(/C(C)=N\NC(=O)[C@@H]2COc3ccccc3O2)cc1OCC. The molecule has 148 valence electrons. The number of nitrogens with zero attached hydrogens (tertiary/aromatic N) is 1. The number of hydrogen-bond acceptors (Lipinski definition) is 6. The second kappa shape index (κ2) is 9.12. The summed E-state index contributed by atoms with van der Waals surface area (Å²) in [5, 5.41) is 4.19. The van der Waals surface area contributed by atoms with Crippen LogP contribution in [0, 0.1) is 0 Å². The molecule has 0 bridgehead atoms. The molecule has 0 saturated heterocycles. The zero-order valence-electron chi connectivity index (χ0n) is 16.2. The van der Waals surface area contributed by atoms with E-state index in [-0.39, 0.29) is 12.5 Å². The number of benzene rings is 2. The zero-order chi connectivity index (χ0) is 19.9. The van der Waals surface area contributed by atoms with Crippen LogP contribution in [0.15, 0.2) is 47.6 Å². The lowest BCUT2D eigenvalue weighted by Gasteiger charge is -2.24. The van der Waals surface area contributed by atoms with Crippen molar-refractivity contribution in [2.24, 2.45) is 5.10 Å². The third-order valence-corrected chi connectivity index (χ3v) is 4.10. The van der Waals surface area contributed by atoms with Crippen molar-refractivity contribution in [1.29, 1.82) is 0 Å². The van der Waals surface area contributed by atoms with Gasteiger partial charge in [0.15, 0.2) is 23.0 Å². The Morgan fingerprint density at radius 1 is 1.11 bits per heavy atom. The van der Waals surface area contributed by atoms with Gasteiger partial charge in [-0.25, -0.2) is 5.43 Å². The first-order valence-electron chi connectivity index (χ1n) is 9.25. The van der Waals surface area contributed by atoms with Crippen LogP contribution in [0.4, 0.5) is 0 Å². The van der Waals surface area contributed by atoms with Crippen LogP contribution < -0.4 is 24.4 Å². The van der Waals surface area contributed by atoms with Crippen molar-refractivity contribution in [2.45, 2.75) is 26.9 Å². The number of para-hydroxylation sites is 2. The summed E-state index contributed by atoms with van der Waals surface area (Å²) in [7, 11) is 0. The minimum Gasteiger partial charge on any atom is -0.490 e. The molecule has 7 nitrogen and oxygen atoms in total. The Hall–Kier alpha value is -3.22. The number of carbonyl (C=O) groups is 1. The van der Waals surface area contributed by atoms with Gasteiger partial charge in [-0.05, 0) is 51.1 Å². The third-order valence-electron chi connectivity index (χ3n) is 4.10. The van der Waals surface area contributed by atoms with Gasteiger partial charge in [0.05, 0.1) is 18.9 Å². The Kier molecular flexibility index (Phi) is 6.37. The summed E-state index contributed by atoms with van der Waals surface area (Å²) in [5.74, 6) is 2.12. The Morgan fingerprint density at radius 3 is 2.57 bits per heavy atom. The third kappa shape index (κ3) is 4.54. The highest BCUT2D eigenvalue weighted by Crippen LogP contribution is 2.31. The number of ether oxygens (including phenoxy) is 4. The Bertz CT molecular complexity index is 866. The molecule has 1 aliphatic rings. The molecule has 0 aromatic heterocycles. The molecule has 28 heavy (non-hydrogen) atoms. The minimum absolute atomic E-state index is 0.134.